The van der Waals surface area contributed by atoms with Crippen LogP contribution < -0.4 is 9.47 Å². The minimum absolute atomic E-state index is 0.00583. The molecule has 6 heteroatoms. The SMILES string of the molecule is Cn1cc([C@H]2CCCN2C(=O)c2cccc3c2OCO3)cn1. The van der Waals surface area contributed by atoms with Gasteiger partial charge in [0.15, 0.2) is 11.5 Å². The fourth-order valence-electron chi connectivity index (χ4n) is 3.22. The van der Waals surface area contributed by atoms with Crippen LogP contribution in [-0.4, -0.2) is 33.9 Å². The lowest BCUT2D eigenvalue weighted by Gasteiger charge is -2.24. The Morgan fingerprint density at radius 2 is 2.27 bits per heavy atom. The largest absolute Gasteiger partial charge is 0.454 e. The van der Waals surface area contributed by atoms with Crippen molar-refractivity contribution in [2.45, 2.75) is 18.9 Å². The number of fused-ring (bicyclic) bond motifs is 1. The first-order valence-electron chi connectivity index (χ1n) is 7.42. The van der Waals surface area contributed by atoms with Crippen molar-refractivity contribution in [2.24, 2.45) is 7.05 Å². The average Bonchev–Trinajstić information content (AvgIpc) is 3.25. The summed E-state index contributed by atoms with van der Waals surface area (Å²) in [5, 5.41) is 4.22. The van der Waals surface area contributed by atoms with Crippen molar-refractivity contribution in [3.05, 3.63) is 41.7 Å². The highest BCUT2D eigenvalue weighted by molar-refractivity contribution is 5.98. The molecule has 1 aromatic heterocycles. The van der Waals surface area contributed by atoms with E-state index in [1.807, 2.05) is 36.5 Å². The van der Waals surface area contributed by atoms with E-state index in [0.717, 1.165) is 24.9 Å². The van der Waals surface area contributed by atoms with E-state index >= 15 is 0 Å². The molecule has 1 amide bonds. The number of ether oxygens (including phenoxy) is 2. The first-order valence-corrected chi connectivity index (χ1v) is 7.42. The molecule has 0 saturated carbocycles. The van der Waals surface area contributed by atoms with Crippen molar-refractivity contribution in [1.82, 2.24) is 14.7 Å². The second-order valence-corrected chi connectivity index (χ2v) is 5.64. The number of carbonyl (C=O) groups is 1. The molecule has 0 bridgehead atoms. The third kappa shape index (κ3) is 2.03. The molecule has 1 saturated heterocycles. The summed E-state index contributed by atoms with van der Waals surface area (Å²) < 4.78 is 12.6. The molecule has 1 atom stereocenters. The number of amides is 1. The van der Waals surface area contributed by atoms with E-state index in [1.165, 1.54) is 0 Å². The van der Waals surface area contributed by atoms with E-state index in [9.17, 15) is 4.79 Å². The van der Waals surface area contributed by atoms with Crippen LogP contribution in [0.4, 0.5) is 0 Å². The highest BCUT2D eigenvalue weighted by atomic mass is 16.7. The Morgan fingerprint density at radius 3 is 3.09 bits per heavy atom. The average molecular weight is 299 g/mol. The zero-order valence-corrected chi connectivity index (χ0v) is 12.4. The van der Waals surface area contributed by atoms with Crippen molar-refractivity contribution in [3.8, 4) is 11.5 Å². The molecule has 114 valence electrons. The summed E-state index contributed by atoms with van der Waals surface area (Å²) in [6, 6.07) is 5.53. The van der Waals surface area contributed by atoms with Crippen LogP contribution in [0.5, 0.6) is 11.5 Å². The predicted molar refractivity (Wildman–Crippen MR) is 78.8 cm³/mol. The number of benzene rings is 1. The van der Waals surface area contributed by atoms with Gasteiger partial charge in [-0.3, -0.25) is 9.48 Å². The van der Waals surface area contributed by atoms with Crippen LogP contribution in [0.25, 0.3) is 0 Å². The number of hydrogen-bond acceptors (Lipinski definition) is 4. The number of aromatic nitrogens is 2. The van der Waals surface area contributed by atoms with E-state index < -0.39 is 0 Å². The fourth-order valence-corrected chi connectivity index (χ4v) is 3.22. The van der Waals surface area contributed by atoms with Gasteiger partial charge in [0.1, 0.15) is 0 Å². The van der Waals surface area contributed by atoms with Gasteiger partial charge in [0.25, 0.3) is 5.91 Å². The lowest BCUT2D eigenvalue weighted by atomic mass is 10.1. The van der Waals surface area contributed by atoms with Crippen LogP contribution in [-0.2, 0) is 7.05 Å². The molecule has 22 heavy (non-hydrogen) atoms. The second-order valence-electron chi connectivity index (χ2n) is 5.64. The molecule has 1 aromatic carbocycles. The molecule has 2 aliphatic rings. The van der Waals surface area contributed by atoms with E-state index in [2.05, 4.69) is 5.10 Å². The van der Waals surface area contributed by atoms with Crippen molar-refractivity contribution < 1.29 is 14.3 Å². The van der Waals surface area contributed by atoms with E-state index in [1.54, 1.807) is 10.7 Å². The number of rotatable bonds is 2. The summed E-state index contributed by atoms with van der Waals surface area (Å²) >= 11 is 0. The molecule has 2 aliphatic heterocycles. The van der Waals surface area contributed by atoms with Gasteiger partial charge in [-0.1, -0.05) is 6.07 Å². The van der Waals surface area contributed by atoms with Gasteiger partial charge in [0.2, 0.25) is 6.79 Å². The third-order valence-corrected chi connectivity index (χ3v) is 4.25. The van der Waals surface area contributed by atoms with Crippen LogP contribution in [0.1, 0.15) is 34.8 Å². The zero-order valence-electron chi connectivity index (χ0n) is 12.4. The van der Waals surface area contributed by atoms with Crippen molar-refractivity contribution in [3.63, 3.8) is 0 Å². The minimum Gasteiger partial charge on any atom is -0.454 e. The zero-order chi connectivity index (χ0) is 15.1. The topological polar surface area (TPSA) is 56.6 Å². The molecule has 0 N–H and O–H groups in total. The van der Waals surface area contributed by atoms with Gasteiger partial charge in [-0.25, -0.2) is 0 Å². The van der Waals surface area contributed by atoms with E-state index in [0.29, 0.717) is 17.1 Å². The summed E-state index contributed by atoms with van der Waals surface area (Å²) in [6.07, 6.45) is 5.78. The van der Waals surface area contributed by atoms with E-state index in [4.69, 9.17) is 9.47 Å². The van der Waals surface area contributed by atoms with Crippen LogP contribution in [0.3, 0.4) is 0 Å². The molecule has 0 unspecified atom stereocenters. The monoisotopic (exact) mass is 299 g/mol. The van der Waals surface area contributed by atoms with Crippen LogP contribution in [0, 0.1) is 0 Å². The van der Waals surface area contributed by atoms with Crippen LogP contribution in [0.15, 0.2) is 30.6 Å². The molecule has 0 radical (unpaired) electrons. The molecule has 2 aromatic rings. The van der Waals surface area contributed by atoms with Gasteiger partial charge < -0.3 is 14.4 Å². The Bertz CT molecular complexity index is 725. The summed E-state index contributed by atoms with van der Waals surface area (Å²) in [7, 11) is 1.89. The highest BCUT2D eigenvalue weighted by Gasteiger charge is 2.34. The molecule has 6 nitrogen and oxygen atoms in total. The fraction of sp³-hybridized carbons (Fsp3) is 0.375. The molecular formula is C16H17N3O3. The predicted octanol–water partition coefficient (Wildman–Crippen LogP) is 2.13. The Balaban J connectivity index is 1.66. The molecule has 0 aliphatic carbocycles. The Morgan fingerprint density at radius 1 is 1.36 bits per heavy atom. The molecule has 1 fully saturated rings. The molecule has 0 spiro atoms. The summed E-state index contributed by atoms with van der Waals surface area (Å²) in [4.78, 5) is 14.9. The van der Waals surface area contributed by atoms with Gasteiger partial charge in [-0.15, -0.1) is 0 Å². The van der Waals surface area contributed by atoms with Crippen molar-refractivity contribution in [2.75, 3.05) is 13.3 Å². The Hall–Kier alpha value is -2.50. The first-order chi connectivity index (χ1) is 10.7. The van der Waals surface area contributed by atoms with Gasteiger partial charge in [-0.2, -0.15) is 5.10 Å². The number of aryl methyl sites for hydroxylation is 1. The Labute approximate surface area is 128 Å². The lowest BCUT2D eigenvalue weighted by Crippen LogP contribution is -2.30. The number of nitrogens with zero attached hydrogens (tertiary/aromatic N) is 3. The Kier molecular flexibility index (Phi) is 3.03. The number of para-hydroxylation sites is 1. The van der Waals surface area contributed by atoms with Crippen molar-refractivity contribution in [1.29, 1.82) is 0 Å². The maximum atomic E-state index is 13.0. The smallest absolute Gasteiger partial charge is 0.258 e. The summed E-state index contributed by atoms with van der Waals surface area (Å²) in [5.74, 6) is 1.20. The number of hydrogen-bond donors (Lipinski definition) is 0. The van der Waals surface area contributed by atoms with E-state index in [-0.39, 0.29) is 18.7 Å². The number of likely N-dealkylation sites (tertiary alicyclic amines) is 1. The lowest BCUT2D eigenvalue weighted by molar-refractivity contribution is 0.0731. The summed E-state index contributed by atoms with van der Waals surface area (Å²) in [5.41, 5.74) is 1.66. The second kappa shape index (κ2) is 5.05. The number of carbonyl (C=O) groups excluding carboxylic acids is 1. The normalized spacial score (nSPS) is 19.7. The molecule has 3 heterocycles. The van der Waals surface area contributed by atoms with Crippen LogP contribution in [0.2, 0.25) is 0 Å². The molecular weight excluding hydrogens is 282 g/mol. The van der Waals surface area contributed by atoms with Gasteiger partial charge >= 0.3 is 0 Å². The maximum absolute atomic E-state index is 13.0. The van der Waals surface area contributed by atoms with Crippen molar-refractivity contribution >= 4 is 5.91 Å². The van der Waals surface area contributed by atoms with Crippen LogP contribution >= 0.6 is 0 Å². The standard InChI is InChI=1S/C16H17N3O3/c1-18-9-11(8-17-18)13-5-3-7-19(13)16(20)12-4-2-6-14-15(12)22-10-21-14/h2,4,6,8-9,13H,3,5,7,10H2,1H3/t13-/m1/s1. The van der Waals surface area contributed by atoms with Gasteiger partial charge in [0, 0.05) is 25.4 Å². The summed E-state index contributed by atoms with van der Waals surface area (Å²) in [6.45, 7) is 0.925. The van der Waals surface area contributed by atoms with Gasteiger partial charge in [0.05, 0.1) is 17.8 Å². The quantitative estimate of drug-likeness (QED) is 0.852. The first kappa shape index (κ1) is 13.2. The third-order valence-electron chi connectivity index (χ3n) is 4.25. The maximum Gasteiger partial charge on any atom is 0.258 e. The molecule has 4 rings (SSSR count). The van der Waals surface area contributed by atoms with Gasteiger partial charge in [-0.05, 0) is 25.0 Å². The highest BCUT2D eigenvalue weighted by Crippen LogP contribution is 2.39. The minimum atomic E-state index is -0.00583.